The molecule has 3 N–H and O–H groups in total. The van der Waals surface area contributed by atoms with Gasteiger partial charge in [0.2, 0.25) is 0 Å². The minimum atomic E-state index is -2.61. The van der Waals surface area contributed by atoms with Crippen LogP contribution in [0.1, 0.15) is 24.5 Å². The maximum Gasteiger partial charge on any atom is 0.168 e. The number of hydrogen-bond donors (Lipinski definition) is 4. The van der Waals surface area contributed by atoms with Gasteiger partial charge < -0.3 is 5.32 Å². The molecule has 140 valence electrons. The van der Waals surface area contributed by atoms with Crippen LogP contribution in [-0.2, 0) is 10.7 Å². The first-order valence-corrected chi connectivity index (χ1v) is 9.82. The van der Waals surface area contributed by atoms with Crippen LogP contribution in [0.3, 0.4) is 0 Å². The standard InChI is InChI=1S/C17H19N7O2S/c18-23-22-16-8-15(12-2-1-7-19-9-12)21-17-14(10-20-24(16)17)11-3-5-13(6-4-11)27(25)26/h3-6,8,10,12,19,27H,1-2,7,9H2,(H2,18,22). The predicted molar refractivity (Wildman–Crippen MR) is 101 cm³/mol. The van der Waals surface area contributed by atoms with Gasteiger partial charge in [-0.1, -0.05) is 17.4 Å². The summed E-state index contributed by atoms with van der Waals surface area (Å²) in [7, 11) is -2.61. The lowest BCUT2D eigenvalue weighted by Gasteiger charge is -2.22. The molecule has 3 aromatic rings. The summed E-state index contributed by atoms with van der Waals surface area (Å²) in [4.78, 5) is 5.10. The molecule has 1 aromatic carbocycles. The second kappa shape index (κ2) is 7.41. The number of nitrogens with zero attached hydrogens (tertiary/aromatic N) is 4. The fourth-order valence-electron chi connectivity index (χ4n) is 3.40. The van der Waals surface area contributed by atoms with Crippen molar-refractivity contribution < 1.29 is 8.42 Å². The van der Waals surface area contributed by atoms with Crippen LogP contribution in [0.4, 0.5) is 5.82 Å². The molecule has 0 amide bonds. The van der Waals surface area contributed by atoms with Crippen molar-refractivity contribution in [2.45, 2.75) is 23.7 Å². The summed E-state index contributed by atoms with van der Waals surface area (Å²) >= 11 is 0. The van der Waals surface area contributed by atoms with Gasteiger partial charge in [0.1, 0.15) is 0 Å². The number of thiol groups is 1. The van der Waals surface area contributed by atoms with Crippen LogP contribution < -0.4 is 10.7 Å². The molecule has 0 bridgehead atoms. The van der Waals surface area contributed by atoms with Gasteiger partial charge in [0.15, 0.2) is 22.2 Å². The summed E-state index contributed by atoms with van der Waals surface area (Å²) in [5.74, 6) is 0.853. The van der Waals surface area contributed by atoms with E-state index in [2.05, 4.69) is 21.1 Å². The third-order valence-corrected chi connectivity index (χ3v) is 5.49. The molecule has 0 saturated carbocycles. The maximum atomic E-state index is 11.1. The maximum absolute atomic E-state index is 11.1. The van der Waals surface area contributed by atoms with E-state index in [0.29, 0.717) is 11.5 Å². The van der Waals surface area contributed by atoms with Crippen molar-refractivity contribution in [2.75, 3.05) is 18.5 Å². The van der Waals surface area contributed by atoms with Crippen molar-refractivity contribution in [3.8, 4) is 11.1 Å². The van der Waals surface area contributed by atoms with Gasteiger partial charge in [-0.15, -0.1) is 0 Å². The summed E-state index contributed by atoms with van der Waals surface area (Å²) in [6, 6.07) is 8.51. The van der Waals surface area contributed by atoms with Gasteiger partial charge in [0, 0.05) is 24.1 Å². The van der Waals surface area contributed by atoms with Gasteiger partial charge in [-0.25, -0.2) is 18.8 Å². The highest BCUT2D eigenvalue weighted by molar-refractivity contribution is 7.72. The minimum absolute atomic E-state index is 0.266. The zero-order chi connectivity index (χ0) is 18.8. The molecule has 9 nitrogen and oxygen atoms in total. The van der Waals surface area contributed by atoms with Crippen molar-refractivity contribution in [1.29, 1.82) is 5.53 Å². The smallest absolute Gasteiger partial charge is 0.168 e. The second-order valence-corrected chi connectivity index (χ2v) is 7.46. The van der Waals surface area contributed by atoms with Gasteiger partial charge >= 0.3 is 0 Å². The van der Waals surface area contributed by atoms with Gasteiger partial charge in [-0.05, 0) is 37.1 Å². The van der Waals surface area contributed by atoms with Crippen molar-refractivity contribution in [2.24, 2.45) is 5.22 Å². The molecule has 10 heteroatoms. The Hall–Kier alpha value is -2.85. The van der Waals surface area contributed by atoms with Crippen LogP contribution in [0, 0.1) is 5.53 Å². The first-order valence-electron chi connectivity index (χ1n) is 8.64. The van der Waals surface area contributed by atoms with E-state index < -0.39 is 10.7 Å². The highest BCUT2D eigenvalue weighted by Crippen LogP contribution is 2.30. The molecule has 2 aromatic heterocycles. The SMILES string of the molecule is N=NNc1cc(C2CCCNC2)nc2c(-c3ccc([SH](=O)=O)cc3)cnn12. The van der Waals surface area contributed by atoms with Gasteiger partial charge in [-0.2, -0.15) is 15.1 Å². The van der Waals surface area contributed by atoms with E-state index in [1.807, 2.05) is 6.07 Å². The second-order valence-electron chi connectivity index (χ2n) is 6.43. The molecular weight excluding hydrogens is 366 g/mol. The van der Waals surface area contributed by atoms with E-state index >= 15 is 0 Å². The van der Waals surface area contributed by atoms with E-state index in [4.69, 9.17) is 10.5 Å². The normalized spacial score (nSPS) is 17.3. The molecule has 0 aliphatic carbocycles. The third-order valence-electron chi connectivity index (χ3n) is 4.77. The number of rotatable bonds is 5. The highest BCUT2D eigenvalue weighted by Gasteiger charge is 2.20. The monoisotopic (exact) mass is 385 g/mol. The van der Waals surface area contributed by atoms with E-state index in [-0.39, 0.29) is 10.8 Å². The Bertz CT molecular complexity index is 1050. The Kier molecular flexibility index (Phi) is 4.82. The number of nitrogens with one attached hydrogen (secondary N) is 3. The predicted octanol–water partition coefficient (Wildman–Crippen LogP) is 2.19. The summed E-state index contributed by atoms with van der Waals surface area (Å²) in [6.45, 7) is 1.87. The Morgan fingerprint density at radius 1 is 1.30 bits per heavy atom. The van der Waals surface area contributed by atoms with Crippen LogP contribution in [-0.4, -0.2) is 36.1 Å². The zero-order valence-corrected chi connectivity index (χ0v) is 15.3. The third kappa shape index (κ3) is 3.40. The van der Waals surface area contributed by atoms with Crippen molar-refractivity contribution in [1.82, 2.24) is 19.9 Å². The Morgan fingerprint density at radius 3 is 2.78 bits per heavy atom. The van der Waals surface area contributed by atoms with Crippen LogP contribution >= 0.6 is 0 Å². The molecule has 1 aliphatic heterocycles. The van der Waals surface area contributed by atoms with Crippen molar-refractivity contribution >= 4 is 22.2 Å². The van der Waals surface area contributed by atoms with Crippen LogP contribution in [0.25, 0.3) is 16.8 Å². The van der Waals surface area contributed by atoms with Crippen LogP contribution in [0.2, 0.25) is 0 Å². The minimum Gasteiger partial charge on any atom is -0.316 e. The molecule has 1 aliphatic rings. The lowest BCUT2D eigenvalue weighted by molar-refractivity contribution is 0.455. The molecule has 1 fully saturated rings. The Labute approximate surface area is 157 Å². The number of hydrogen-bond acceptors (Lipinski definition) is 7. The molecule has 1 atom stereocenters. The average Bonchev–Trinajstić information content (AvgIpc) is 3.13. The van der Waals surface area contributed by atoms with E-state index in [1.54, 1.807) is 35.0 Å². The molecule has 0 spiro atoms. The van der Waals surface area contributed by atoms with E-state index in [1.165, 1.54) is 0 Å². The summed E-state index contributed by atoms with van der Waals surface area (Å²) in [6.07, 6.45) is 3.82. The van der Waals surface area contributed by atoms with Crippen LogP contribution in [0.15, 0.2) is 46.6 Å². The van der Waals surface area contributed by atoms with Gasteiger partial charge in [0.25, 0.3) is 0 Å². The summed E-state index contributed by atoms with van der Waals surface area (Å²) in [5.41, 5.74) is 13.0. The molecule has 27 heavy (non-hydrogen) atoms. The fourth-order valence-corrected chi connectivity index (χ4v) is 3.79. The number of fused-ring (bicyclic) bond motifs is 1. The number of piperidine rings is 1. The van der Waals surface area contributed by atoms with Gasteiger partial charge in [-0.3, -0.25) is 0 Å². The molecule has 3 heterocycles. The Morgan fingerprint density at radius 2 is 2.11 bits per heavy atom. The highest BCUT2D eigenvalue weighted by atomic mass is 32.2. The zero-order valence-electron chi connectivity index (χ0n) is 14.4. The van der Waals surface area contributed by atoms with Crippen LogP contribution in [0.5, 0.6) is 0 Å². The first kappa shape index (κ1) is 17.6. The number of benzene rings is 1. The number of anilines is 1. The summed E-state index contributed by atoms with van der Waals surface area (Å²) < 4.78 is 23.8. The van der Waals surface area contributed by atoms with Crippen molar-refractivity contribution in [3.63, 3.8) is 0 Å². The lowest BCUT2D eigenvalue weighted by Crippen LogP contribution is -2.29. The largest absolute Gasteiger partial charge is 0.316 e. The molecule has 1 unspecified atom stereocenters. The van der Waals surface area contributed by atoms with Gasteiger partial charge in [0.05, 0.1) is 16.8 Å². The molecule has 1 saturated heterocycles. The lowest BCUT2D eigenvalue weighted by atomic mass is 9.96. The molecule has 0 radical (unpaired) electrons. The van der Waals surface area contributed by atoms with Crippen molar-refractivity contribution in [3.05, 3.63) is 42.2 Å². The summed E-state index contributed by atoms with van der Waals surface area (Å²) in [5, 5.41) is 11.0. The number of aromatic nitrogens is 3. The van der Waals surface area contributed by atoms with E-state index in [0.717, 1.165) is 42.8 Å². The van der Waals surface area contributed by atoms with E-state index in [9.17, 15) is 8.42 Å². The average molecular weight is 385 g/mol. The topological polar surface area (TPSA) is 125 Å². The first-order chi connectivity index (χ1) is 13.2. The Balaban J connectivity index is 1.83. The molecular formula is C17H19N7O2S. The molecule has 4 rings (SSSR count). The fraction of sp³-hybridized carbons (Fsp3) is 0.294. The quantitative estimate of drug-likeness (QED) is 0.303.